The highest BCUT2D eigenvalue weighted by atomic mass is 16.6. The molecule has 2 amide bonds. The molecule has 0 aromatic heterocycles. The van der Waals surface area contributed by atoms with Gasteiger partial charge in [-0.15, -0.1) is 0 Å². The first-order chi connectivity index (χ1) is 15.2. The van der Waals surface area contributed by atoms with E-state index >= 15 is 0 Å². The number of hydrogen-bond acceptors (Lipinski definition) is 7. The van der Waals surface area contributed by atoms with Gasteiger partial charge in [-0.1, -0.05) is 0 Å². The second-order valence-corrected chi connectivity index (χ2v) is 10.3. The number of phenols is 1. The summed E-state index contributed by atoms with van der Waals surface area (Å²) < 4.78 is 15.8. The van der Waals surface area contributed by atoms with Crippen molar-refractivity contribution in [2.24, 2.45) is 5.92 Å². The molecule has 1 aromatic rings. The van der Waals surface area contributed by atoms with Crippen LogP contribution in [-0.4, -0.2) is 71.0 Å². The van der Waals surface area contributed by atoms with Crippen LogP contribution in [0.3, 0.4) is 0 Å². The summed E-state index contributed by atoms with van der Waals surface area (Å²) in [7, 11) is 1.26. The second kappa shape index (κ2) is 10.3. The van der Waals surface area contributed by atoms with E-state index in [9.17, 15) is 19.5 Å². The van der Waals surface area contributed by atoms with Crippen LogP contribution >= 0.6 is 0 Å². The van der Waals surface area contributed by atoms with Gasteiger partial charge in [-0.25, -0.2) is 14.4 Å². The lowest BCUT2D eigenvalue weighted by Gasteiger charge is -2.29. The predicted molar refractivity (Wildman–Crippen MR) is 122 cm³/mol. The zero-order valence-electron chi connectivity index (χ0n) is 20.6. The van der Waals surface area contributed by atoms with Gasteiger partial charge < -0.3 is 29.1 Å². The summed E-state index contributed by atoms with van der Waals surface area (Å²) in [4.78, 5) is 40.4. The molecule has 1 atom stereocenters. The molecule has 1 aromatic carbocycles. The maximum absolute atomic E-state index is 13.0. The molecule has 1 heterocycles. The molecule has 0 spiro atoms. The van der Waals surface area contributed by atoms with Crippen LogP contribution in [0.25, 0.3) is 0 Å². The Balaban J connectivity index is 2.17. The number of phenolic OH excluding ortho intramolecular Hbond substituents is 1. The normalized spacial score (nSPS) is 16.3. The lowest BCUT2D eigenvalue weighted by atomic mass is 10.1. The summed E-state index contributed by atoms with van der Waals surface area (Å²) >= 11 is 0. The molecule has 1 saturated heterocycles. The molecule has 0 bridgehead atoms. The van der Waals surface area contributed by atoms with Crippen LogP contribution in [0.4, 0.5) is 9.59 Å². The minimum atomic E-state index is -0.691. The Labute approximate surface area is 195 Å². The maximum atomic E-state index is 13.0. The maximum Gasteiger partial charge on any atom is 0.410 e. The molecule has 9 heteroatoms. The number of amides is 2. The minimum Gasteiger partial charge on any atom is -0.508 e. The van der Waals surface area contributed by atoms with E-state index in [2.05, 4.69) is 0 Å². The number of hydrogen-bond donors (Lipinski definition) is 1. The summed E-state index contributed by atoms with van der Waals surface area (Å²) in [5.74, 6) is -0.656. The fourth-order valence-corrected chi connectivity index (χ4v) is 3.54. The third kappa shape index (κ3) is 8.47. The van der Waals surface area contributed by atoms with Gasteiger partial charge in [-0.3, -0.25) is 0 Å². The van der Waals surface area contributed by atoms with Crippen LogP contribution in [0.1, 0.15) is 63.9 Å². The van der Waals surface area contributed by atoms with Crippen molar-refractivity contribution in [3.63, 3.8) is 0 Å². The Bertz CT molecular complexity index is 871. The van der Waals surface area contributed by atoms with E-state index in [1.807, 2.05) is 20.8 Å². The van der Waals surface area contributed by atoms with Crippen LogP contribution in [-0.2, 0) is 20.8 Å². The van der Waals surface area contributed by atoms with Crippen molar-refractivity contribution in [1.29, 1.82) is 0 Å². The number of ether oxygens (including phenoxy) is 3. The Hall–Kier alpha value is -2.97. The van der Waals surface area contributed by atoms with Gasteiger partial charge in [0.1, 0.15) is 17.0 Å². The second-order valence-electron chi connectivity index (χ2n) is 10.3. The van der Waals surface area contributed by atoms with Crippen molar-refractivity contribution >= 4 is 18.2 Å². The number of nitrogens with zero attached hydrogens (tertiary/aromatic N) is 2. The van der Waals surface area contributed by atoms with E-state index in [0.29, 0.717) is 31.6 Å². The highest BCUT2D eigenvalue weighted by Crippen LogP contribution is 2.24. The third-order valence-corrected chi connectivity index (χ3v) is 4.84. The highest BCUT2D eigenvalue weighted by molar-refractivity contribution is 5.90. The molecule has 1 unspecified atom stereocenters. The largest absolute Gasteiger partial charge is 0.508 e. The molecule has 1 N–H and O–H groups in total. The predicted octanol–water partition coefficient (Wildman–Crippen LogP) is 4.17. The van der Waals surface area contributed by atoms with Crippen molar-refractivity contribution in [3.8, 4) is 5.75 Å². The van der Waals surface area contributed by atoms with E-state index < -0.39 is 23.3 Å². The molecule has 2 rings (SSSR count). The van der Waals surface area contributed by atoms with E-state index in [-0.39, 0.29) is 29.9 Å². The van der Waals surface area contributed by atoms with E-state index in [4.69, 9.17) is 14.2 Å². The first-order valence-corrected chi connectivity index (χ1v) is 11.0. The van der Waals surface area contributed by atoms with Gasteiger partial charge in [0.15, 0.2) is 0 Å². The molecule has 1 fully saturated rings. The van der Waals surface area contributed by atoms with Gasteiger partial charge in [0.2, 0.25) is 0 Å². The molecule has 0 aliphatic carbocycles. The fraction of sp³-hybridized carbons (Fsp3) is 0.625. The molecule has 9 nitrogen and oxygen atoms in total. The molecule has 33 heavy (non-hydrogen) atoms. The summed E-state index contributed by atoms with van der Waals surface area (Å²) in [5.41, 5.74) is -0.523. The van der Waals surface area contributed by atoms with Gasteiger partial charge in [0.05, 0.1) is 12.7 Å². The van der Waals surface area contributed by atoms with Gasteiger partial charge in [-0.05, 0) is 77.6 Å². The van der Waals surface area contributed by atoms with Crippen LogP contribution in [0.2, 0.25) is 0 Å². The average molecular weight is 465 g/mol. The molecule has 1 aliphatic heterocycles. The lowest BCUT2D eigenvalue weighted by Crippen LogP contribution is -2.40. The van der Waals surface area contributed by atoms with Crippen LogP contribution in [0, 0.1) is 5.92 Å². The van der Waals surface area contributed by atoms with Crippen LogP contribution in [0.5, 0.6) is 5.75 Å². The van der Waals surface area contributed by atoms with Crippen molar-refractivity contribution in [2.45, 2.75) is 65.7 Å². The number of aromatic hydroxyl groups is 1. The zero-order valence-corrected chi connectivity index (χ0v) is 20.6. The summed E-state index contributed by atoms with van der Waals surface area (Å²) in [5, 5.41) is 10.0. The van der Waals surface area contributed by atoms with Crippen molar-refractivity contribution in [2.75, 3.05) is 26.7 Å². The molecule has 0 radical (unpaired) electrons. The van der Waals surface area contributed by atoms with Gasteiger partial charge >= 0.3 is 18.2 Å². The summed E-state index contributed by atoms with van der Waals surface area (Å²) in [6, 6.07) is 4.37. The van der Waals surface area contributed by atoms with E-state index in [0.717, 1.165) is 0 Å². The van der Waals surface area contributed by atoms with Crippen LogP contribution in [0.15, 0.2) is 18.2 Å². The zero-order chi connectivity index (χ0) is 25.0. The topological polar surface area (TPSA) is 106 Å². The fourth-order valence-electron chi connectivity index (χ4n) is 3.54. The number of benzene rings is 1. The molecule has 0 saturated carbocycles. The molecule has 1 aliphatic rings. The van der Waals surface area contributed by atoms with Gasteiger partial charge in [-0.2, -0.15) is 0 Å². The quantitative estimate of drug-likeness (QED) is 0.515. The Morgan fingerprint density at radius 3 is 2.27 bits per heavy atom. The summed E-state index contributed by atoms with van der Waals surface area (Å²) in [6.45, 7) is 12.3. The van der Waals surface area contributed by atoms with E-state index in [1.54, 1.807) is 31.7 Å². The van der Waals surface area contributed by atoms with E-state index in [1.165, 1.54) is 24.1 Å². The lowest BCUT2D eigenvalue weighted by molar-refractivity contribution is 0.0196. The number of likely N-dealkylation sites (tertiary alicyclic amines) is 1. The van der Waals surface area contributed by atoms with Gasteiger partial charge in [0, 0.05) is 26.2 Å². The standard InChI is InChI=1S/C24H36N2O7/c1-23(2,3)32-21(29)25-9-8-16(13-25)14-26(22(30)33-24(4,5)6)15-17-10-18(20(28)31-7)12-19(27)11-17/h10-12,16,27H,8-9,13-15H2,1-7H3. The first kappa shape index (κ1) is 26.3. The van der Waals surface area contributed by atoms with Gasteiger partial charge in [0.25, 0.3) is 0 Å². The Morgan fingerprint density at radius 2 is 1.70 bits per heavy atom. The SMILES string of the molecule is COC(=O)c1cc(O)cc(CN(CC2CCN(C(=O)OC(C)(C)C)C2)C(=O)OC(C)(C)C)c1. The monoisotopic (exact) mass is 464 g/mol. The highest BCUT2D eigenvalue weighted by Gasteiger charge is 2.33. The number of carbonyl (C=O) groups excluding carboxylic acids is 3. The van der Waals surface area contributed by atoms with Crippen LogP contribution < -0.4 is 0 Å². The number of methoxy groups -OCH3 is 1. The minimum absolute atomic E-state index is 0.0300. The Morgan fingerprint density at radius 1 is 1.06 bits per heavy atom. The molecular formula is C24H36N2O7. The smallest absolute Gasteiger partial charge is 0.410 e. The third-order valence-electron chi connectivity index (χ3n) is 4.84. The average Bonchev–Trinajstić information content (AvgIpc) is 3.12. The number of rotatable bonds is 5. The number of carbonyl (C=O) groups is 3. The molecule has 184 valence electrons. The van der Waals surface area contributed by atoms with Crippen molar-refractivity contribution in [3.05, 3.63) is 29.3 Å². The van der Waals surface area contributed by atoms with Crippen molar-refractivity contribution in [1.82, 2.24) is 9.80 Å². The first-order valence-electron chi connectivity index (χ1n) is 11.0. The number of esters is 1. The Kier molecular flexibility index (Phi) is 8.21. The van der Waals surface area contributed by atoms with Crippen molar-refractivity contribution < 1.29 is 33.7 Å². The molecular weight excluding hydrogens is 428 g/mol. The summed E-state index contributed by atoms with van der Waals surface area (Å²) in [6.07, 6.45) is -0.169.